The van der Waals surface area contributed by atoms with Gasteiger partial charge in [0.05, 0.1) is 6.54 Å². The summed E-state index contributed by atoms with van der Waals surface area (Å²) < 4.78 is 5.46. The van der Waals surface area contributed by atoms with Gasteiger partial charge in [0.1, 0.15) is 5.76 Å². The Morgan fingerprint density at radius 1 is 1.56 bits per heavy atom. The smallest absolute Gasteiger partial charge is 0.273 e. The third-order valence-electron chi connectivity index (χ3n) is 2.53. The molecule has 0 bridgehead atoms. The molecule has 0 fully saturated rings. The summed E-state index contributed by atoms with van der Waals surface area (Å²) in [4.78, 5) is 17.3. The molecule has 5 heteroatoms. The summed E-state index contributed by atoms with van der Waals surface area (Å²) in [6.07, 6.45) is 0. The van der Waals surface area contributed by atoms with Crippen molar-refractivity contribution in [2.24, 2.45) is 0 Å². The Labute approximate surface area is 110 Å². The highest BCUT2D eigenvalue weighted by molar-refractivity contribution is 7.09. The minimum Gasteiger partial charge on any atom is -0.445 e. The van der Waals surface area contributed by atoms with Crippen LogP contribution in [0.25, 0.3) is 0 Å². The van der Waals surface area contributed by atoms with Gasteiger partial charge in [-0.3, -0.25) is 4.79 Å². The van der Waals surface area contributed by atoms with Gasteiger partial charge in [-0.05, 0) is 18.4 Å². The number of nitrogens with one attached hydrogen (secondary N) is 1. The second-order valence-corrected chi connectivity index (χ2v) is 5.41. The van der Waals surface area contributed by atoms with Gasteiger partial charge < -0.3 is 9.73 Å². The SMILES string of the molecule is Cc1oc(C(C)C)nc1C(=O)NCc1cccs1. The molecular weight excluding hydrogens is 248 g/mol. The van der Waals surface area contributed by atoms with Crippen LogP contribution in [-0.2, 0) is 6.54 Å². The molecule has 18 heavy (non-hydrogen) atoms. The van der Waals surface area contributed by atoms with Gasteiger partial charge in [0.2, 0.25) is 0 Å². The van der Waals surface area contributed by atoms with Crippen LogP contribution in [0.3, 0.4) is 0 Å². The molecule has 0 unspecified atom stereocenters. The fraction of sp³-hybridized carbons (Fsp3) is 0.385. The number of nitrogens with zero attached hydrogens (tertiary/aromatic N) is 1. The van der Waals surface area contributed by atoms with Gasteiger partial charge in [-0.15, -0.1) is 11.3 Å². The molecule has 0 aliphatic carbocycles. The molecule has 0 aliphatic rings. The lowest BCUT2D eigenvalue weighted by Crippen LogP contribution is -2.23. The average molecular weight is 264 g/mol. The first kappa shape index (κ1) is 12.8. The lowest BCUT2D eigenvalue weighted by molar-refractivity contribution is 0.0945. The molecule has 2 heterocycles. The van der Waals surface area contributed by atoms with Crippen molar-refractivity contribution in [3.05, 3.63) is 39.7 Å². The molecule has 0 atom stereocenters. The first-order valence-corrected chi connectivity index (χ1v) is 6.73. The zero-order valence-corrected chi connectivity index (χ0v) is 11.5. The van der Waals surface area contributed by atoms with E-state index < -0.39 is 0 Å². The molecule has 2 aromatic rings. The van der Waals surface area contributed by atoms with Crippen molar-refractivity contribution in [2.75, 3.05) is 0 Å². The zero-order valence-electron chi connectivity index (χ0n) is 10.7. The Morgan fingerprint density at radius 3 is 2.89 bits per heavy atom. The van der Waals surface area contributed by atoms with Crippen molar-refractivity contribution in [2.45, 2.75) is 33.2 Å². The summed E-state index contributed by atoms with van der Waals surface area (Å²) in [6, 6.07) is 3.95. The molecule has 2 aromatic heterocycles. The number of hydrogen-bond acceptors (Lipinski definition) is 4. The van der Waals surface area contributed by atoms with Gasteiger partial charge in [0.15, 0.2) is 11.6 Å². The Morgan fingerprint density at radius 2 is 2.33 bits per heavy atom. The van der Waals surface area contributed by atoms with E-state index in [1.807, 2.05) is 31.4 Å². The molecule has 0 saturated carbocycles. The lowest BCUT2D eigenvalue weighted by atomic mass is 10.2. The molecule has 1 amide bonds. The maximum Gasteiger partial charge on any atom is 0.273 e. The predicted molar refractivity (Wildman–Crippen MR) is 70.8 cm³/mol. The molecule has 0 radical (unpaired) electrons. The van der Waals surface area contributed by atoms with E-state index in [1.54, 1.807) is 18.3 Å². The topological polar surface area (TPSA) is 55.1 Å². The summed E-state index contributed by atoms with van der Waals surface area (Å²) in [5, 5.41) is 4.83. The summed E-state index contributed by atoms with van der Waals surface area (Å²) in [6.45, 7) is 6.26. The van der Waals surface area contributed by atoms with E-state index in [1.165, 1.54) is 0 Å². The fourth-order valence-electron chi connectivity index (χ4n) is 1.54. The molecule has 0 saturated heterocycles. The van der Waals surface area contributed by atoms with Gasteiger partial charge in [0.25, 0.3) is 5.91 Å². The van der Waals surface area contributed by atoms with Gasteiger partial charge in [-0.25, -0.2) is 4.98 Å². The van der Waals surface area contributed by atoms with Crippen LogP contribution in [0.1, 0.15) is 46.8 Å². The van der Waals surface area contributed by atoms with Crippen molar-refractivity contribution < 1.29 is 9.21 Å². The number of oxazole rings is 1. The van der Waals surface area contributed by atoms with Crippen LogP contribution < -0.4 is 5.32 Å². The van der Waals surface area contributed by atoms with Crippen LogP contribution in [-0.4, -0.2) is 10.9 Å². The summed E-state index contributed by atoms with van der Waals surface area (Å²) >= 11 is 1.62. The minimum atomic E-state index is -0.184. The van der Waals surface area contributed by atoms with Gasteiger partial charge >= 0.3 is 0 Å². The number of amides is 1. The Kier molecular flexibility index (Phi) is 3.81. The summed E-state index contributed by atoms with van der Waals surface area (Å²) in [5.41, 5.74) is 0.384. The second-order valence-electron chi connectivity index (χ2n) is 4.37. The number of carbonyl (C=O) groups excluding carboxylic acids is 1. The average Bonchev–Trinajstić information content (AvgIpc) is 2.94. The highest BCUT2D eigenvalue weighted by Crippen LogP contribution is 2.17. The van der Waals surface area contributed by atoms with Crippen molar-refractivity contribution in [1.82, 2.24) is 10.3 Å². The number of thiophene rings is 1. The van der Waals surface area contributed by atoms with Gasteiger partial charge in [-0.1, -0.05) is 19.9 Å². The van der Waals surface area contributed by atoms with Crippen LogP contribution in [0, 0.1) is 6.92 Å². The molecule has 96 valence electrons. The molecule has 0 aliphatic heterocycles. The Balaban J connectivity index is 2.04. The molecule has 2 rings (SSSR count). The standard InChI is InChI=1S/C13H16N2O2S/c1-8(2)13-15-11(9(3)17-13)12(16)14-7-10-5-4-6-18-10/h4-6,8H,7H2,1-3H3,(H,14,16). The van der Waals surface area contributed by atoms with Crippen LogP contribution in [0.2, 0.25) is 0 Å². The highest BCUT2D eigenvalue weighted by Gasteiger charge is 2.18. The molecule has 0 aromatic carbocycles. The van der Waals surface area contributed by atoms with Gasteiger partial charge in [0, 0.05) is 10.8 Å². The van der Waals surface area contributed by atoms with E-state index in [9.17, 15) is 4.79 Å². The number of hydrogen-bond donors (Lipinski definition) is 1. The zero-order chi connectivity index (χ0) is 13.1. The van der Waals surface area contributed by atoms with Crippen LogP contribution in [0.5, 0.6) is 0 Å². The number of rotatable bonds is 4. The molecule has 1 N–H and O–H groups in total. The lowest BCUT2D eigenvalue weighted by Gasteiger charge is -2.00. The first-order chi connectivity index (χ1) is 8.58. The molecule has 0 spiro atoms. The van der Waals surface area contributed by atoms with Crippen molar-refractivity contribution in [3.8, 4) is 0 Å². The largest absolute Gasteiger partial charge is 0.445 e. The Hall–Kier alpha value is -1.62. The van der Waals surface area contributed by atoms with E-state index in [0.717, 1.165) is 4.88 Å². The van der Waals surface area contributed by atoms with E-state index in [2.05, 4.69) is 10.3 Å². The maximum absolute atomic E-state index is 12.0. The van der Waals surface area contributed by atoms with E-state index in [4.69, 9.17) is 4.42 Å². The van der Waals surface area contributed by atoms with Gasteiger partial charge in [-0.2, -0.15) is 0 Å². The number of aromatic nitrogens is 1. The predicted octanol–water partition coefficient (Wildman–Crippen LogP) is 3.10. The van der Waals surface area contributed by atoms with E-state index in [0.29, 0.717) is 23.9 Å². The van der Waals surface area contributed by atoms with Crippen LogP contribution >= 0.6 is 11.3 Å². The van der Waals surface area contributed by atoms with Crippen molar-refractivity contribution in [1.29, 1.82) is 0 Å². The van der Waals surface area contributed by atoms with Crippen LogP contribution in [0.4, 0.5) is 0 Å². The van der Waals surface area contributed by atoms with E-state index in [-0.39, 0.29) is 11.8 Å². The third-order valence-corrected chi connectivity index (χ3v) is 3.40. The third kappa shape index (κ3) is 2.79. The van der Waals surface area contributed by atoms with Crippen LogP contribution in [0.15, 0.2) is 21.9 Å². The van der Waals surface area contributed by atoms with E-state index >= 15 is 0 Å². The van der Waals surface area contributed by atoms with Crippen molar-refractivity contribution in [3.63, 3.8) is 0 Å². The Bertz CT molecular complexity index is 529. The fourth-order valence-corrected chi connectivity index (χ4v) is 2.18. The molecular formula is C13H16N2O2S. The molecule has 4 nitrogen and oxygen atoms in total. The maximum atomic E-state index is 12.0. The summed E-state index contributed by atoms with van der Waals surface area (Å²) in [7, 11) is 0. The first-order valence-electron chi connectivity index (χ1n) is 5.86. The number of aryl methyl sites for hydroxylation is 1. The monoisotopic (exact) mass is 264 g/mol. The summed E-state index contributed by atoms with van der Waals surface area (Å²) in [5.74, 6) is 1.18. The minimum absolute atomic E-state index is 0.183. The van der Waals surface area contributed by atoms with Crippen molar-refractivity contribution >= 4 is 17.2 Å². The number of carbonyl (C=O) groups is 1. The normalized spacial score (nSPS) is 10.9. The highest BCUT2D eigenvalue weighted by atomic mass is 32.1. The second kappa shape index (κ2) is 5.35. The quantitative estimate of drug-likeness (QED) is 0.923.